The molecule has 0 bridgehead atoms. The van der Waals surface area contributed by atoms with Crippen LogP contribution in [-0.2, 0) is 9.09 Å². The molecule has 0 aliphatic carbocycles. The molecule has 0 heterocycles. The summed E-state index contributed by atoms with van der Waals surface area (Å²) < 4.78 is 16.5. The minimum absolute atomic E-state index is 0.142. The third kappa shape index (κ3) is 3.60. The predicted octanol–water partition coefficient (Wildman–Crippen LogP) is 2.91. The van der Waals surface area contributed by atoms with Crippen LogP contribution in [0.1, 0.15) is 20.3 Å². The second-order valence-corrected chi connectivity index (χ2v) is 5.56. The number of rotatable bonds is 5. The highest BCUT2D eigenvalue weighted by Crippen LogP contribution is 2.47. The van der Waals surface area contributed by atoms with Gasteiger partial charge in [-0.25, -0.2) is 0 Å². The SMILES string of the molecule is CCCOP(=O)(CC)CCl. The summed E-state index contributed by atoms with van der Waals surface area (Å²) in [5, 5.41) is 0. The number of hydrogen-bond acceptors (Lipinski definition) is 2. The molecule has 1 atom stereocenters. The van der Waals surface area contributed by atoms with Gasteiger partial charge in [0.1, 0.15) is 0 Å². The van der Waals surface area contributed by atoms with Crippen LogP contribution in [0.15, 0.2) is 0 Å². The van der Waals surface area contributed by atoms with E-state index >= 15 is 0 Å². The van der Waals surface area contributed by atoms with E-state index in [0.29, 0.717) is 12.8 Å². The van der Waals surface area contributed by atoms with Crippen molar-refractivity contribution in [3.05, 3.63) is 0 Å². The lowest BCUT2D eigenvalue weighted by molar-refractivity contribution is 0.316. The van der Waals surface area contributed by atoms with Gasteiger partial charge < -0.3 is 4.52 Å². The lowest BCUT2D eigenvalue weighted by Crippen LogP contribution is -1.95. The summed E-state index contributed by atoms with van der Waals surface area (Å²) in [4.78, 5) is 0. The van der Waals surface area contributed by atoms with E-state index < -0.39 is 7.37 Å². The molecule has 4 heteroatoms. The normalized spacial score (nSPS) is 16.7. The molecule has 0 aromatic rings. The fraction of sp³-hybridized carbons (Fsp3) is 1.00. The molecule has 0 saturated carbocycles. The van der Waals surface area contributed by atoms with Gasteiger partial charge in [0.2, 0.25) is 7.37 Å². The van der Waals surface area contributed by atoms with Crippen LogP contribution in [0.2, 0.25) is 0 Å². The van der Waals surface area contributed by atoms with Gasteiger partial charge in [-0.05, 0) is 6.42 Å². The van der Waals surface area contributed by atoms with E-state index in [1.807, 2.05) is 13.8 Å². The van der Waals surface area contributed by atoms with Crippen LogP contribution < -0.4 is 0 Å². The maximum absolute atomic E-state index is 11.4. The number of halogens is 1. The first-order chi connectivity index (χ1) is 4.68. The summed E-state index contributed by atoms with van der Waals surface area (Å²) >= 11 is 5.46. The Hall–Kier alpha value is 0.480. The van der Waals surface area contributed by atoms with Gasteiger partial charge in [0.15, 0.2) is 0 Å². The van der Waals surface area contributed by atoms with Gasteiger partial charge in [-0.3, -0.25) is 4.57 Å². The van der Waals surface area contributed by atoms with Crippen molar-refractivity contribution in [3.8, 4) is 0 Å². The topological polar surface area (TPSA) is 26.3 Å². The summed E-state index contributed by atoms with van der Waals surface area (Å²) in [5.74, 6) is 0. The average Bonchev–Trinajstić information content (AvgIpc) is 2.00. The molecule has 0 N–H and O–H groups in total. The lowest BCUT2D eigenvalue weighted by Gasteiger charge is -2.12. The zero-order chi connectivity index (χ0) is 8.04. The highest BCUT2D eigenvalue weighted by molar-refractivity contribution is 7.60. The van der Waals surface area contributed by atoms with Crippen LogP contribution in [0.3, 0.4) is 0 Å². The van der Waals surface area contributed by atoms with E-state index in [1.165, 1.54) is 0 Å². The lowest BCUT2D eigenvalue weighted by atomic mass is 10.5. The molecule has 62 valence electrons. The quantitative estimate of drug-likeness (QED) is 0.485. The van der Waals surface area contributed by atoms with Crippen molar-refractivity contribution >= 4 is 19.0 Å². The molecular formula is C6H14ClO2P. The van der Waals surface area contributed by atoms with Crippen LogP contribution in [0, 0.1) is 0 Å². The fourth-order valence-electron chi connectivity index (χ4n) is 0.468. The molecule has 0 aliphatic rings. The molecule has 1 unspecified atom stereocenters. The monoisotopic (exact) mass is 184 g/mol. The van der Waals surface area contributed by atoms with Crippen molar-refractivity contribution in [3.63, 3.8) is 0 Å². The molecule has 0 aromatic heterocycles. The minimum atomic E-state index is -2.43. The minimum Gasteiger partial charge on any atom is -0.328 e. The van der Waals surface area contributed by atoms with E-state index in [-0.39, 0.29) is 5.62 Å². The van der Waals surface area contributed by atoms with E-state index in [9.17, 15) is 4.57 Å². The Labute approximate surface area is 67.4 Å². The largest absolute Gasteiger partial charge is 0.328 e. The molecule has 0 saturated heterocycles. The maximum Gasteiger partial charge on any atom is 0.217 e. The second-order valence-electron chi connectivity index (χ2n) is 2.08. The van der Waals surface area contributed by atoms with Crippen molar-refractivity contribution in [2.24, 2.45) is 0 Å². The zero-order valence-corrected chi connectivity index (χ0v) is 8.12. The third-order valence-corrected chi connectivity index (χ3v) is 4.27. The molecule has 0 rings (SSSR count). The van der Waals surface area contributed by atoms with Crippen LogP contribution in [0.4, 0.5) is 0 Å². The van der Waals surface area contributed by atoms with E-state index in [1.54, 1.807) is 0 Å². The summed E-state index contributed by atoms with van der Waals surface area (Å²) in [6.45, 7) is 4.37. The molecule has 0 radical (unpaired) electrons. The molecular weight excluding hydrogens is 170 g/mol. The Morgan fingerprint density at radius 2 is 2.10 bits per heavy atom. The van der Waals surface area contributed by atoms with Crippen LogP contribution >= 0.6 is 19.0 Å². The first-order valence-corrected chi connectivity index (χ1v) is 6.00. The predicted molar refractivity (Wildman–Crippen MR) is 45.1 cm³/mol. The van der Waals surface area contributed by atoms with Crippen molar-refractivity contribution < 1.29 is 9.09 Å². The standard InChI is InChI=1S/C6H14ClO2P/c1-3-5-9-10(8,4-2)6-7/h3-6H2,1-2H3. The molecule has 0 amide bonds. The van der Waals surface area contributed by atoms with Crippen LogP contribution in [-0.4, -0.2) is 18.4 Å². The highest BCUT2D eigenvalue weighted by atomic mass is 35.5. The smallest absolute Gasteiger partial charge is 0.217 e. The van der Waals surface area contributed by atoms with Gasteiger partial charge in [-0.1, -0.05) is 13.8 Å². The highest BCUT2D eigenvalue weighted by Gasteiger charge is 2.17. The van der Waals surface area contributed by atoms with Gasteiger partial charge in [0.25, 0.3) is 0 Å². The number of hydrogen-bond donors (Lipinski definition) is 0. The maximum atomic E-state index is 11.4. The zero-order valence-electron chi connectivity index (χ0n) is 6.47. The van der Waals surface area contributed by atoms with Gasteiger partial charge in [0.05, 0.1) is 12.2 Å². The van der Waals surface area contributed by atoms with Gasteiger partial charge in [0, 0.05) is 6.16 Å². The Balaban J connectivity index is 3.70. The first-order valence-electron chi connectivity index (χ1n) is 3.47. The summed E-state index contributed by atoms with van der Waals surface area (Å²) in [7, 11) is -2.43. The summed E-state index contributed by atoms with van der Waals surface area (Å²) in [6.07, 6.45) is 1.43. The van der Waals surface area contributed by atoms with Crippen molar-refractivity contribution in [2.75, 3.05) is 18.4 Å². The molecule has 0 aliphatic heterocycles. The van der Waals surface area contributed by atoms with Crippen molar-refractivity contribution in [1.82, 2.24) is 0 Å². The van der Waals surface area contributed by atoms with Crippen LogP contribution in [0.25, 0.3) is 0 Å². The van der Waals surface area contributed by atoms with Crippen LogP contribution in [0.5, 0.6) is 0 Å². The molecule has 0 spiro atoms. The Bertz CT molecular complexity index is 119. The van der Waals surface area contributed by atoms with Gasteiger partial charge >= 0.3 is 0 Å². The van der Waals surface area contributed by atoms with E-state index in [0.717, 1.165) is 6.42 Å². The van der Waals surface area contributed by atoms with Crippen molar-refractivity contribution in [1.29, 1.82) is 0 Å². The van der Waals surface area contributed by atoms with Crippen molar-refractivity contribution in [2.45, 2.75) is 20.3 Å². The number of alkyl halides is 1. The molecule has 10 heavy (non-hydrogen) atoms. The second kappa shape index (κ2) is 5.17. The average molecular weight is 185 g/mol. The van der Waals surface area contributed by atoms with Gasteiger partial charge in [-0.2, -0.15) is 0 Å². The Morgan fingerprint density at radius 1 is 1.50 bits per heavy atom. The Kier molecular flexibility index (Phi) is 5.42. The van der Waals surface area contributed by atoms with E-state index in [2.05, 4.69) is 0 Å². The molecule has 2 nitrogen and oxygen atoms in total. The summed E-state index contributed by atoms with van der Waals surface area (Å²) in [6, 6.07) is 0. The summed E-state index contributed by atoms with van der Waals surface area (Å²) in [5.41, 5.74) is 0.142. The third-order valence-electron chi connectivity index (χ3n) is 1.19. The first kappa shape index (κ1) is 10.5. The van der Waals surface area contributed by atoms with Gasteiger partial charge in [-0.15, -0.1) is 11.6 Å². The molecule has 0 aromatic carbocycles. The Morgan fingerprint density at radius 3 is 2.40 bits per heavy atom. The fourth-order valence-corrected chi connectivity index (χ4v) is 2.12. The molecule has 0 fully saturated rings. The van der Waals surface area contributed by atoms with E-state index in [4.69, 9.17) is 16.1 Å².